The molecule has 0 bridgehead atoms. The predicted molar refractivity (Wildman–Crippen MR) is 109 cm³/mol. The van der Waals surface area contributed by atoms with E-state index in [2.05, 4.69) is 4.98 Å². The molecule has 5 nitrogen and oxygen atoms in total. The monoisotopic (exact) mass is 381 g/mol. The van der Waals surface area contributed by atoms with Crippen LogP contribution in [-0.4, -0.2) is 37.0 Å². The van der Waals surface area contributed by atoms with E-state index in [1.807, 2.05) is 71.7 Å². The molecular weight excluding hydrogens is 358 g/mol. The van der Waals surface area contributed by atoms with Crippen molar-refractivity contribution < 1.29 is 9.53 Å². The molecule has 0 saturated carbocycles. The number of hydrogen-bond acceptors (Lipinski definition) is 5. The standard InChI is InChI=1S/C21H23N3O2S/c1-23(2)20-13-16(10-11-22-20)21(25)24(15-18-8-6-12-27-18)14-17-7-4-5-9-19(17)26-3/h4-13H,14-15H2,1-3H3. The van der Waals surface area contributed by atoms with Gasteiger partial charge in [0.2, 0.25) is 0 Å². The van der Waals surface area contributed by atoms with Crippen LogP contribution in [0.1, 0.15) is 20.8 Å². The molecule has 27 heavy (non-hydrogen) atoms. The van der Waals surface area contributed by atoms with Gasteiger partial charge >= 0.3 is 0 Å². The minimum Gasteiger partial charge on any atom is -0.496 e. The zero-order valence-corrected chi connectivity index (χ0v) is 16.6. The second kappa shape index (κ2) is 8.68. The Morgan fingerprint density at radius 1 is 1.11 bits per heavy atom. The predicted octanol–water partition coefficient (Wildman–Crippen LogP) is 4.06. The largest absolute Gasteiger partial charge is 0.496 e. The molecule has 3 rings (SSSR count). The zero-order valence-electron chi connectivity index (χ0n) is 15.8. The smallest absolute Gasteiger partial charge is 0.254 e. The second-order valence-corrected chi connectivity index (χ2v) is 7.38. The van der Waals surface area contributed by atoms with Crippen LogP contribution in [0.2, 0.25) is 0 Å². The van der Waals surface area contributed by atoms with Gasteiger partial charge in [0.25, 0.3) is 5.91 Å². The summed E-state index contributed by atoms with van der Waals surface area (Å²) in [7, 11) is 5.47. The molecule has 0 spiro atoms. The van der Waals surface area contributed by atoms with Crippen molar-refractivity contribution in [3.63, 3.8) is 0 Å². The van der Waals surface area contributed by atoms with Gasteiger partial charge in [-0.25, -0.2) is 4.98 Å². The Balaban J connectivity index is 1.91. The quantitative estimate of drug-likeness (QED) is 0.619. The zero-order chi connectivity index (χ0) is 19.2. The molecule has 0 unspecified atom stereocenters. The number of amides is 1. The number of rotatable bonds is 7. The first-order valence-corrected chi connectivity index (χ1v) is 9.53. The minimum absolute atomic E-state index is 0.0280. The van der Waals surface area contributed by atoms with Gasteiger partial charge in [0.15, 0.2) is 0 Å². The van der Waals surface area contributed by atoms with Gasteiger partial charge in [0.05, 0.1) is 20.2 Å². The lowest BCUT2D eigenvalue weighted by molar-refractivity contribution is 0.0730. The topological polar surface area (TPSA) is 45.7 Å². The number of carbonyl (C=O) groups is 1. The number of methoxy groups -OCH3 is 1. The summed E-state index contributed by atoms with van der Waals surface area (Å²) in [5, 5.41) is 2.03. The summed E-state index contributed by atoms with van der Waals surface area (Å²) in [4.78, 5) is 22.5. The van der Waals surface area contributed by atoms with E-state index in [4.69, 9.17) is 4.74 Å². The van der Waals surface area contributed by atoms with Gasteiger partial charge in [-0.05, 0) is 29.6 Å². The van der Waals surface area contributed by atoms with E-state index in [0.29, 0.717) is 18.7 Å². The van der Waals surface area contributed by atoms with Crippen molar-refractivity contribution in [2.75, 3.05) is 26.1 Å². The fourth-order valence-electron chi connectivity index (χ4n) is 2.81. The van der Waals surface area contributed by atoms with E-state index in [1.54, 1.807) is 30.7 Å². The third-order valence-corrected chi connectivity index (χ3v) is 5.08. The number of thiophene rings is 1. The van der Waals surface area contributed by atoms with Gasteiger partial charge < -0.3 is 14.5 Å². The highest BCUT2D eigenvalue weighted by molar-refractivity contribution is 7.09. The van der Waals surface area contributed by atoms with E-state index in [9.17, 15) is 4.79 Å². The molecule has 0 atom stereocenters. The fourth-order valence-corrected chi connectivity index (χ4v) is 3.53. The number of aromatic nitrogens is 1. The first-order valence-electron chi connectivity index (χ1n) is 8.65. The number of ether oxygens (including phenoxy) is 1. The van der Waals surface area contributed by atoms with Crippen molar-refractivity contribution in [2.24, 2.45) is 0 Å². The molecule has 0 saturated heterocycles. The van der Waals surface area contributed by atoms with Crippen LogP contribution in [0.15, 0.2) is 60.1 Å². The summed E-state index contributed by atoms with van der Waals surface area (Å²) >= 11 is 1.65. The van der Waals surface area contributed by atoms with E-state index in [0.717, 1.165) is 22.0 Å². The number of carbonyl (C=O) groups excluding carboxylic acids is 1. The molecule has 0 aliphatic carbocycles. The van der Waals surface area contributed by atoms with Gasteiger partial charge in [-0.15, -0.1) is 11.3 Å². The van der Waals surface area contributed by atoms with Crippen LogP contribution in [0.3, 0.4) is 0 Å². The first kappa shape index (κ1) is 18.9. The summed E-state index contributed by atoms with van der Waals surface area (Å²) in [5.41, 5.74) is 1.60. The van der Waals surface area contributed by atoms with Crippen molar-refractivity contribution in [3.8, 4) is 5.75 Å². The SMILES string of the molecule is COc1ccccc1CN(Cc1cccs1)C(=O)c1ccnc(N(C)C)c1. The normalized spacial score (nSPS) is 10.5. The molecule has 140 valence electrons. The van der Waals surface area contributed by atoms with Crippen molar-refractivity contribution in [3.05, 3.63) is 76.1 Å². The highest BCUT2D eigenvalue weighted by Crippen LogP contribution is 2.23. The number of para-hydroxylation sites is 1. The second-order valence-electron chi connectivity index (χ2n) is 6.35. The van der Waals surface area contributed by atoms with Crippen molar-refractivity contribution >= 4 is 23.1 Å². The van der Waals surface area contributed by atoms with Gasteiger partial charge in [-0.1, -0.05) is 24.3 Å². The summed E-state index contributed by atoms with van der Waals surface area (Å²) in [6.07, 6.45) is 1.68. The molecule has 0 fully saturated rings. The van der Waals surface area contributed by atoms with Gasteiger partial charge in [0, 0.05) is 36.3 Å². The van der Waals surface area contributed by atoms with Crippen LogP contribution < -0.4 is 9.64 Å². The molecule has 0 radical (unpaired) electrons. The molecule has 0 N–H and O–H groups in total. The maximum absolute atomic E-state index is 13.3. The summed E-state index contributed by atoms with van der Waals surface area (Å²) in [6.45, 7) is 1.02. The van der Waals surface area contributed by atoms with E-state index in [-0.39, 0.29) is 5.91 Å². The van der Waals surface area contributed by atoms with Crippen LogP contribution in [0, 0.1) is 0 Å². The van der Waals surface area contributed by atoms with Crippen LogP contribution in [0.25, 0.3) is 0 Å². The Bertz CT molecular complexity index is 894. The number of hydrogen-bond donors (Lipinski definition) is 0. The molecule has 2 heterocycles. The van der Waals surface area contributed by atoms with Crippen LogP contribution in [0.4, 0.5) is 5.82 Å². The number of nitrogens with zero attached hydrogens (tertiary/aromatic N) is 3. The highest BCUT2D eigenvalue weighted by atomic mass is 32.1. The van der Waals surface area contributed by atoms with Crippen molar-refractivity contribution in [1.82, 2.24) is 9.88 Å². The van der Waals surface area contributed by atoms with Crippen LogP contribution in [-0.2, 0) is 13.1 Å². The number of benzene rings is 1. The maximum Gasteiger partial charge on any atom is 0.254 e. The average Bonchev–Trinajstić information content (AvgIpc) is 3.20. The summed E-state index contributed by atoms with van der Waals surface area (Å²) in [5.74, 6) is 1.51. The van der Waals surface area contributed by atoms with E-state index < -0.39 is 0 Å². The molecular formula is C21H23N3O2S. The Morgan fingerprint density at radius 2 is 1.93 bits per heavy atom. The fraction of sp³-hybridized carbons (Fsp3) is 0.238. The Morgan fingerprint density at radius 3 is 2.63 bits per heavy atom. The van der Waals surface area contributed by atoms with Crippen LogP contribution >= 0.6 is 11.3 Å². The van der Waals surface area contributed by atoms with Gasteiger partial charge in [-0.3, -0.25) is 4.79 Å². The lowest BCUT2D eigenvalue weighted by atomic mass is 10.1. The lowest BCUT2D eigenvalue weighted by Gasteiger charge is -2.24. The Kier molecular flexibility index (Phi) is 6.08. The number of anilines is 1. The Hall–Kier alpha value is -2.86. The van der Waals surface area contributed by atoms with Gasteiger partial charge in [-0.2, -0.15) is 0 Å². The third kappa shape index (κ3) is 4.65. The average molecular weight is 382 g/mol. The number of pyridine rings is 1. The molecule has 0 aliphatic rings. The third-order valence-electron chi connectivity index (χ3n) is 4.22. The first-order chi connectivity index (χ1) is 13.1. The molecule has 0 aliphatic heterocycles. The van der Waals surface area contributed by atoms with E-state index >= 15 is 0 Å². The van der Waals surface area contributed by atoms with Crippen molar-refractivity contribution in [1.29, 1.82) is 0 Å². The highest BCUT2D eigenvalue weighted by Gasteiger charge is 2.19. The van der Waals surface area contributed by atoms with Crippen LogP contribution in [0.5, 0.6) is 5.75 Å². The Labute approximate surface area is 163 Å². The van der Waals surface area contributed by atoms with E-state index in [1.165, 1.54) is 0 Å². The minimum atomic E-state index is -0.0280. The molecule has 1 amide bonds. The summed E-state index contributed by atoms with van der Waals surface area (Å²) in [6, 6.07) is 15.4. The van der Waals surface area contributed by atoms with Crippen molar-refractivity contribution in [2.45, 2.75) is 13.1 Å². The summed E-state index contributed by atoms with van der Waals surface area (Å²) < 4.78 is 5.47. The van der Waals surface area contributed by atoms with Gasteiger partial charge in [0.1, 0.15) is 11.6 Å². The lowest BCUT2D eigenvalue weighted by Crippen LogP contribution is -2.30. The molecule has 3 aromatic rings. The molecule has 1 aromatic carbocycles. The maximum atomic E-state index is 13.3. The molecule has 6 heteroatoms. The molecule has 2 aromatic heterocycles.